The summed E-state index contributed by atoms with van der Waals surface area (Å²) >= 11 is 0. The average Bonchev–Trinajstić information content (AvgIpc) is 2.58. The van der Waals surface area contributed by atoms with Gasteiger partial charge >= 0.3 is 0 Å². The molecule has 2 aliphatic carbocycles. The summed E-state index contributed by atoms with van der Waals surface area (Å²) in [4.78, 5) is 11.4. The Morgan fingerprint density at radius 3 is 2.50 bits per heavy atom. The summed E-state index contributed by atoms with van der Waals surface area (Å²) < 4.78 is 12.8. The van der Waals surface area contributed by atoms with E-state index in [1.165, 1.54) is 0 Å². The number of amides is 1. The summed E-state index contributed by atoms with van der Waals surface area (Å²) in [5.74, 6) is 0.523. The predicted octanol–water partition coefficient (Wildman–Crippen LogP) is 2.04. The smallest absolute Gasteiger partial charge is 0.220 e. The molecule has 2 fully saturated rings. The van der Waals surface area contributed by atoms with Crippen LogP contribution in [0.5, 0.6) is 0 Å². The van der Waals surface area contributed by atoms with E-state index >= 15 is 0 Å². The van der Waals surface area contributed by atoms with Gasteiger partial charge < -0.3 is 5.32 Å². The van der Waals surface area contributed by atoms with Crippen LogP contribution in [0.2, 0.25) is 0 Å². The Balaban J connectivity index is 1.66. The van der Waals surface area contributed by atoms with Crippen LogP contribution in [0, 0.1) is 11.3 Å². The number of hydrogen-bond acceptors (Lipinski definition) is 1. The van der Waals surface area contributed by atoms with Crippen molar-refractivity contribution in [2.24, 2.45) is 11.3 Å². The second kappa shape index (κ2) is 3.21. The van der Waals surface area contributed by atoms with Crippen LogP contribution in [0.3, 0.4) is 0 Å². The molecule has 2 saturated carbocycles. The number of alkyl halides is 1. The Kier molecular flexibility index (Phi) is 2.28. The molecular formula is C11H18FNO. The minimum atomic E-state index is -0.583. The Morgan fingerprint density at radius 1 is 1.50 bits per heavy atom. The fourth-order valence-electron chi connectivity index (χ4n) is 2.40. The van der Waals surface area contributed by atoms with Crippen LogP contribution < -0.4 is 5.32 Å². The van der Waals surface area contributed by atoms with Crippen molar-refractivity contribution < 1.29 is 9.18 Å². The first kappa shape index (κ1) is 9.94. The second-order valence-corrected chi connectivity index (χ2v) is 5.30. The number of halogens is 1. The van der Waals surface area contributed by atoms with E-state index in [9.17, 15) is 9.18 Å². The number of nitrogens with one attached hydrogen (secondary N) is 1. The zero-order valence-electron chi connectivity index (χ0n) is 8.85. The molecule has 0 saturated heterocycles. The van der Waals surface area contributed by atoms with Crippen molar-refractivity contribution in [3.05, 3.63) is 0 Å². The molecule has 1 spiro atoms. The summed E-state index contributed by atoms with van der Waals surface area (Å²) in [7, 11) is 0. The molecule has 3 heteroatoms. The third kappa shape index (κ3) is 1.77. The Bertz CT molecular complexity index is 246. The number of carbonyl (C=O) groups excluding carboxylic acids is 1. The summed E-state index contributed by atoms with van der Waals surface area (Å²) in [5.41, 5.74) is -0.00419. The highest BCUT2D eigenvalue weighted by Crippen LogP contribution is 2.62. The first-order chi connectivity index (χ1) is 6.52. The summed E-state index contributed by atoms with van der Waals surface area (Å²) in [5, 5.41) is 2.96. The second-order valence-electron chi connectivity index (χ2n) is 5.30. The molecule has 2 aliphatic rings. The van der Waals surface area contributed by atoms with E-state index in [2.05, 4.69) is 5.32 Å². The fraction of sp³-hybridized carbons (Fsp3) is 0.909. The molecule has 0 aliphatic heterocycles. The van der Waals surface area contributed by atoms with Gasteiger partial charge in [-0.1, -0.05) is 13.8 Å². The maximum absolute atomic E-state index is 12.8. The van der Waals surface area contributed by atoms with Gasteiger partial charge in [0.2, 0.25) is 5.91 Å². The van der Waals surface area contributed by atoms with Crippen molar-refractivity contribution in [3.63, 3.8) is 0 Å². The molecule has 1 atom stereocenters. The van der Waals surface area contributed by atoms with Crippen LogP contribution in [0.1, 0.15) is 39.5 Å². The molecule has 0 aromatic heterocycles. The van der Waals surface area contributed by atoms with E-state index in [4.69, 9.17) is 0 Å². The molecule has 0 bridgehead atoms. The van der Waals surface area contributed by atoms with E-state index in [-0.39, 0.29) is 17.4 Å². The topological polar surface area (TPSA) is 29.1 Å². The highest BCUT2D eigenvalue weighted by Gasteiger charge is 2.62. The van der Waals surface area contributed by atoms with Crippen molar-refractivity contribution in [2.45, 2.75) is 51.7 Å². The van der Waals surface area contributed by atoms with Crippen molar-refractivity contribution in [1.82, 2.24) is 5.32 Å². The Hall–Kier alpha value is -0.600. The zero-order valence-corrected chi connectivity index (χ0v) is 8.85. The summed E-state index contributed by atoms with van der Waals surface area (Å²) in [6, 6.07) is 0.252. The molecule has 14 heavy (non-hydrogen) atoms. The van der Waals surface area contributed by atoms with E-state index in [1.54, 1.807) is 0 Å². The van der Waals surface area contributed by atoms with E-state index < -0.39 is 6.17 Å². The van der Waals surface area contributed by atoms with Crippen LogP contribution in [0.4, 0.5) is 4.39 Å². The molecule has 1 amide bonds. The van der Waals surface area contributed by atoms with E-state index in [0.29, 0.717) is 12.3 Å². The molecular weight excluding hydrogens is 181 g/mol. The zero-order chi connectivity index (χ0) is 10.3. The van der Waals surface area contributed by atoms with Gasteiger partial charge in [-0.2, -0.15) is 0 Å². The predicted molar refractivity (Wildman–Crippen MR) is 52.6 cm³/mol. The van der Waals surface area contributed by atoms with Gasteiger partial charge in [0, 0.05) is 17.9 Å². The van der Waals surface area contributed by atoms with Gasteiger partial charge in [-0.05, 0) is 25.2 Å². The van der Waals surface area contributed by atoms with Gasteiger partial charge in [-0.25, -0.2) is 4.39 Å². The minimum Gasteiger partial charge on any atom is -0.353 e. The van der Waals surface area contributed by atoms with Crippen LogP contribution in [0.15, 0.2) is 0 Å². The molecule has 0 heterocycles. The lowest BCUT2D eigenvalue weighted by Crippen LogP contribution is -2.46. The van der Waals surface area contributed by atoms with Crippen LogP contribution in [0.25, 0.3) is 0 Å². The van der Waals surface area contributed by atoms with Gasteiger partial charge in [0.05, 0.1) is 0 Å². The summed E-state index contributed by atoms with van der Waals surface area (Å²) in [6.45, 7) is 4.06. The van der Waals surface area contributed by atoms with Crippen LogP contribution in [-0.4, -0.2) is 18.1 Å². The molecule has 2 rings (SSSR count). The van der Waals surface area contributed by atoms with E-state index in [0.717, 1.165) is 19.3 Å². The van der Waals surface area contributed by atoms with Gasteiger partial charge in [-0.3, -0.25) is 4.79 Å². The largest absolute Gasteiger partial charge is 0.353 e. The molecule has 1 N–H and O–H groups in total. The molecule has 0 aromatic carbocycles. The highest BCUT2D eigenvalue weighted by molar-refractivity contribution is 5.76. The van der Waals surface area contributed by atoms with Crippen molar-refractivity contribution >= 4 is 5.91 Å². The van der Waals surface area contributed by atoms with Gasteiger partial charge in [0.15, 0.2) is 0 Å². The van der Waals surface area contributed by atoms with Crippen molar-refractivity contribution in [2.75, 3.05) is 0 Å². The minimum absolute atomic E-state index is 0.00419. The molecule has 2 nitrogen and oxygen atoms in total. The van der Waals surface area contributed by atoms with Gasteiger partial charge in [-0.15, -0.1) is 0 Å². The lowest BCUT2D eigenvalue weighted by Gasteiger charge is -2.36. The normalized spacial score (nSPS) is 39.7. The summed E-state index contributed by atoms with van der Waals surface area (Å²) in [6.07, 6.45) is 2.45. The Morgan fingerprint density at radius 2 is 2.07 bits per heavy atom. The third-order valence-electron chi connectivity index (χ3n) is 3.35. The van der Waals surface area contributed by atoms with Crippen molar-refractivity contribution in [1.29, 1.82) is 0 Å². The quantitative estimate of drug-likeness (QED) is 0.740. The SMILES string of the molecule is CC(C)CC(=O)NC1CC2(C1)CC2F. The standard InChI is InChI=1S/C11H18FNO/c1-7(2)3-10(14)13-8-4-11(5-8)6-9(11)12/h7-9H,3-6H2,1-2H3,(H,13,14). The number of carbonyl (C=O) groups is 1. The lowest BCUT2D eigenvalue weighted by molar-refractivity contribution is -0.123. The van der Waals surface area contributed by atoms with Crippen LogP contribution >= 0.6 is 0 Å². The van der Waals surface area contributed by atoms with Gasteiger partial charge in [0.1, 0.15) is 6.17 Å². The molecule has 0 radical (unpaired) electrons. The number of hydrogen-bond donors (Lipinski definition) is 1. The van der Waals surface area contributed by atoms with Gasteiger partial charge in [0.25, 0.3) is 0 Å². The average molecular weight is 199 g/mol. The maximum Gasteiger partial charge on any atom is 0.220 e. The highest BCUT2D eigenvalue weighted by atomic mass is 19.1. The number of rotatable bonds is 3. The van der Waals surface area contributed by atoms with Crippen molar-refractivity contribution in [3.8, 4) is 0 Å². The van der Waals surface area contributed by atoms with Crippen LogP contribution in [-0.2, 0) is 4.79 Å². The van der Waals surface area contributed by atoms with E-state index in [1.807, 2.05) is 13.8 Å². The Labute approximate surface area is 84.3 Å². The molecule has 1 unspecified atom stereocenters. The maximum atomic E-state index is 12.8. The lowest BCUT2D eigenvalue weighted by atomic mass is 9.76. The third-order valence-corrected chi connectivity index (χ3v) is 3.35. The molecule has 80 valence electrons. The monoisotopic (exact) mass is 199 g/mol. The first-order valence-electron chi connectivity index (χ1n) is 5.45. The fourth-order valence-corrected chi connectivity index (χ4v) is 2.40. The first-order valence-corrected chi connectivity index (χ1v) is 5.45. The molecule has 0 aromatic rings.